The zero-order chi connectivity index (χ0) is 16.3. The molecule has 0 fully saturated rings. The van der Waals surface area contributed by atoms with Gasteiger partial charge in [0.15, 0.2) is 0 Å². The van der Waals surface area contributed by atoms with E-state index in [4.69, 9.17) is 5.11 Å². The average Bonchev–Trinajstić information content (AvgIpc) is 2.89. The molecule has 2 aromatic heterocycles. The maximum absolute atomic E-state index is 12.3. The van der Waals surface area contributed by atoms with Crippen LogP contribution in [0.3, 0.4) is 0 Å². The van der Waals surface area contributed by atoms with Crippen molar-refractivity contribution in [2.45, 2.75) is 20.3 Å². The lowest BCUT2D eigenvalue weighted by atomic mass is 10.2. The largest absolute Gasteiger partial charge is 0.478 e. The highest BCUT2D eigenvalue weighted by Gasteiger charge is 2.16. The standard InChI is InChI=1S/C15H17N3O3S/c1-9-8-16-13(22-9)6-7-18(3)14(19)12-5-4-11(15(20)21)10(2)17-12/h4-5,8H,6-7H2,1-3H3,(H,20,21). The quantitative estimate of drug-likeness (QED) is 0.913. The van der Waals surface area contributed by atoms with E-state index in [9.17, 15) is 9.59 Å². The molecule has 1 amide bonds. The van der Waals surface area contributed by atoms with Crippen molar-refractivity contribution in [1.82, 2.24) is 14.9 Å². The molecule has 0 aliphatic carbocycles. The van der Waals surface area contributed by atoms with Crippen LogP contribution in [0.4, 0.5) is 0 Å². The van der Waals surface area contributed by atoms with Gasteiger partial charge < -0.3 is 10.0 Å². The lowest BCUT2D eigenvalue weighted by Gasteiger charge is -2.16. The predicted molar refractivity (Wildman–Crippen MR) is 83.4 cm³/mol. The first-order valence-electron chi connectivity index (χ1n) is 6.76. The molecule has 2 aromatic rings. The fourth-order valence-corrected chi connectivity index (χ4v) is 2.76. The van der Waals surface area contributed by atoms with Crippen molar-refractivity contribution in [2.24, 2.45) is 0 Å². The summed E-state index contributed by atoms with van der Waals surface area (Å²) in [6, 6.07) is 2.86. The van der Waals surface area contributed by atoms with Gasteiger partial charge in [0.2, 0.25) is 0 Å². The first-order chi connectivity index (χ1) is 10.4. The summed E-state index contributed by atoms with van der Waals surface area (Å²) in [6.07, 6.45) is 2.50. The first kappa shape index (κ1) is 16.1. The van der Waals surface area contributed by atoms with Crippen molar-refractivity contribution >= 4 is 23.2 Å². The molecule has 0 atom stereocenters. The summed E-state index contributed by atoms with van der Waals surface area (Å²) in [7, 11) is 1.70. The van der Waals surface area contributed by atoms with Crippen LogP contribution in [0.25, 0.3) is 0 Å². The molecule has 0 bridgehead atoms. The zero-order valence-electron chi connectivity index (χ0n) is 12.7. The van der Waals surface area contributed by atoms with E-state index in [1.165, 1.54) is 12.1 Å². The summed E-state index contributed by atoms with van der Waals surface area (Å²) < 4.78 is 0. The second-order valence-corrected chi connectivity index (χ2v) is 6.30. The Labute approximate surface area is 132 Å². The van der Waals surface area contributed by atoms with E-state index in [0.29, 0.717) is 18.7 Å². The van der Waals surface area contributed by atoms with E-state index in [1.54, 1.807) is 30.2 Å². The van der Waals surface area contributed by atoms with Gasteiger partial charge in [-0.3, -0.25) is 4.79 Å². The number of carbonyl (C=O) groups excluding carboxylic acids is 1. The van der Waals surface area contributed by atoms with Gasteiger partial charge in [0.25, 0.3) is 5.91 Å². The number of pyridine rings is 1. The molecule has 1 N–H and O–H groups in total. The number of hydrogen-bond acceptors (Lipinski definition) is 5. The number of carboxylic acid groups (broad SMARTS) is 1. The van der Waals surface area contributed by atoms with Crippen molar-refractivity contribution in [3.05, 3.63) is 45.2 Å². The van der Waals surface area contributed by atoms with E-state index in [2.05, 4.69) is 9.97 Å². The van der Waals surface area contributed by atoms with Crippen LogP contribution >= 0.6 is 11.3 Å². The number of aromatic nitrogens is 2. The Kier molecular flexibility index (Phi) is 4.87. The molecule has 116 valence electrons. The molecule has 0 aromatic carbocycles. The van der Waals surface area contributed by atoms with Gasteiger partial charge in [-0.25, -0.2) is 14.8 Å². The highest BCUT2D eigenvalue weighted by atomic mass is 32.1. The van der Waals surface area contributed by atoms with E-state index >= 15 is 0 Å². The van der Waals surface area contributed by atoms with Gasteiger partial charge in [-0.1, -0.05) is 0 Å². The second-order valence-electron chi connectivity index (χ2n) is 4.98. The third-order valence-corrected chi connectivity index (χ3v) is 4.18. The van der Waals surface area contributed by atoms with Crippen molar-refractivity contribution in [3.63, 3.8) is 0 Å². The van der Waals surface area contributed by atoms with Crippen LogP contribution in [0.2, 0.25) is 0 Å². The van der Waals surface area contributed by atoms with Crippen molar-refractivity contribution < 1.29 is 14.7 Å². The molecule has 0 radical (unpaired) electrons. The minimum Gasteiger partial charge on any atom is -0.478 e. The number of aromatic carboxylic acids is 1. The Morgan fingerprint density at radius 3 is 2.59 bits per heavy atom. The molecular weight excluding hydrogens is 302 g/mol. The number of carbonyl (C=O) groups is 2. The maximum atomic E-state index is 12.3. The topological polar surface area (TPSA) is 83.4 Å². The monoisotopic (exact) mass is 319 g/mol. The number of nitrogens with zero attached hydrogens (tertiary/aromatic N) is 3. The molecule has 7 heteroatoms. The first-order valence-corrected chi connectivity index (χ1v) is 7.58. The number of aryl methyl sites for hydroxylation is 2. The molecule has 0 spiro atoms. The minimum atomic E-state index is -1.04. The number of hydrogen-bond donors (Lipinski definition) is 1. The van der Waals surface area contributed by atoms with Gasteiger partial charge in [0.05, 0.1) is 16.3 Å². The summed E-state index contributed by atoms with van der Waals surface area (Å²) in [5, 5.41) is 9.96. The van der Waals surface area contributed by atoms with Gasteiger partial charge in [-0.2, -0.15) is 0 Å². The molecular formula is C15H17N3O3S. The Morgan fingerprint density at radius 2 is 2.05 bits per heavy atom. The maximum Gasteiger partial charge on any atom is 0.337 e. The molecule has 2 rings (SSSR count). The smallest absolute Gasteiger partial charge is 0.337 e. The Morgan fingerprint density at radius 1 is 1.32 bits per heavy atom. The van der Waals surface area contributed by atoms with Crippen molar-refractivity contribution in [1.29, 1.82) is 0 Å². The minimum absolute atomic E-state index is 0.109. The predicted octanol–water partition coefficient (Wildman–Crippen LogP) is 2.17. The van der Waals surface area contributed by atoms with E-state index in [0.717, 1.165) is 9.88 Å². The van der Waals surface area contributed by atoms with Crippen LogP contribution in [0.15, 0.2) is 18.3 Å². The molecule has 0 saturated heterocycles. The molecule has 0 aliphatic heterocycles. The highest BCUT2D eigenvalue weighted by Crippen LogP contribution is 2.13. The normalized spacial score (nSPS) is 10.5. The lowest BCUT2D eigenvalue weighted by molar-refractivity contribution is 0.0693. The van der Waals surface area contributed by atoms with Gasteiger partial charge in [-0.15, -0.1) is 11.3 Å². The summed E-state index contributed by atoms with van der Waals surface area (Å²) in [5.74, 6) is -1.27. The van der Waals surface area contributed by atoms with Crippen LogP contribution in [0.1, 0.15) is 36.4 Å². The van der Waals surface area contributed by atoms with Crippen LogP contribution in [-0.2, 0) is 6.42 Å². The number of thiazole rings is 1. The highest BCUT2D eigenvalue weighted by molar-refractivity contribution is 7.11. The third kappa shape index (κ3) is 3.67. The summed E-state index contributed by atoms with van der Waals surface area (Å²) in [4.78, 5) is 34.3. The molecule has 2 heterocycles. The molecule has 6 nitrogen and oxygen atoms in total. The van der Waals surface area contributed by atoms with Crippen LogP contribution < -0.4 is 0 Å². The Balaban J connectivity index is 2.04. The summed E-state index contributed by atoms with van der Waals surface area (Å²) in [6.45, 7) is 4.11. The number of likely N-dealkylation sites (N-methyl/N-ethyl adjacent to an activating group) is 1. The van der Waals surface area contributed by atoms with Crippen molar-refractivity contribution in [2.75, 3.05) is 13.6 Å². The van der Waals surface area contributed by atoms with E-state index in [1.807, 2.05) is 13.1 Å². The zero-order valence-corrected chi connectivity index (χ0v) is 13.5. The van der Waals surface area contributed by atoms with Gasteiger partial charge in [-0.05, 0) is 26.0 Å². The van der Waals surface area contributed by atoms with Crippen LogP contribution in [-0.4, -0.2) is 45.4 Å². The lowest BCUT2D eigenvalue weighted by Crippen LogP contribution is -2.29. The van der Waals surface area contributed by atoms with Gasteiger partial charge in [0, 0.05) is 31.1 Å². The van der Waals surface area contributed by atoms with Gasteiger partial charge in [0.1, 0.15) is 5.69 Å². The second kappa shape index (κ2) is 6.65. The molecule has 0 unspecified atom stereocenters. The third-order valence-electron chi connectivity index (χ3n) is 3.21. The molecule has 0 aliphatic rings. The SMILES string of the molecule is Cc1cnc(CCN(C)C(=O)c2ccc(C(=O)O)c(C)n2)s1. The van der Waals surface area contributed by atoms with Crippen LogP contribution in [0.5, 0.6) is 0 Å². The fourth-order valence-electron chi connectivity index (χ4n) is 1.98. The number of carboxylic acids is 1. The summed E-state index contributed by atoms with van der Waals surface area (Å²) >= 11 is 1.61. The molecule has 0 saturated carbocycles. The fraction of sp³-hybridized carbons (Fsp3) is 0.333. The van der Waals surface area contributed by atoms with Crippen LogP contribution in [0, 0.1) is 13.8 Å². The molecule has 22 heavy (non-hydrogen) atoms. The average molecular weight is 319 g/mol. The van der Waals surface area contributed by atoms with E-state index in [-0.39, 0.29) is 17.2 Å². The van der Waals surface area contributed by atoms with E-state index < -0.39 is 5.97 Å². The van der Waals surface area contributed by atoms with Crippen molar-refractivity contribution in [3.8, 4) is 0 Å². The Bertz CT molecular complexity index is 712. The van der Waals surface area contributed by atoms with Gasteiger partial charge >= 0.3 is 5.97 Å². The number of rotatable bonds is 5. The number of amides is 1. The summed E-state index contributed by atoms with van der Waals surface area (Å²) in [5.41, 5.74) is 0.695. The Hall–Kier alpha value is -2.28.